The van der Waals surface area contributed by atoms with Gasteiger partial charge in [-0.15, -0.1) is 10.2 Å². The fourth-order valence-electron chi connectivity index (χ4n) is 3.10. The van der Waals surface area contributed by atoms with Crippen LogP contribution in [0.15, 0.2) is 53.7 Å². The van der Waals surface area contributed by atoms with Crippen LogP contribution in [0.5, 0.6) is 0 Å². The highest BCUT2D eigenvalue weighted by Gasteiger charge is 2.17. The van der Waals surface area contributed by atoms with Gasteiger partial charge in [-0.1, -0.05) is 86.6 Å². The highest BCUT2D eigenvalue weighted by Crippen LogP contribution is 2.27. The monoisotopic (exact) mass is 422 g/mol. The minimum absolute atomic E-state index is 0.0691. The second-order valence-corrected chi connectivity index (χ2v) is 9.66. The lowest BCUT2D eigenvalue weighted by atomic mass is 9.87. The minimum atomic E-state index is 0.0691. The quantitative estimate of drug-likeness (QED) is 0.534. The van der Waals surface area contributed by atoms with Crippen molar-refractivity contribution in [3.63, 3.8) is 0 Å². The Morgan fingerprint density at radius 2 is 1.67 bits per heavy atom. The Labute approximate surface area is 183 Å². The summed E-state index contributed by atoms with van der Waals surface area (Å²) in [6, 6.07) is 16.7. The molecule has 0 aliphatic heterocycles. The summed E-state index contributed by atoms with van der Waals surface area (Å²) >= 11 is 1.42. The molecule has 158 valence electrons. The number of aromatic nitrogens is 3. The van der Waals surface area contributed by atoms with E-state index < -0.39 is 0 Å². The van der Waals surface area contributed by atoms with E-state index in [1.54, 1.807) is 4.90 Å². The van der Waals surface area contributed by atoms with Gasteiger partial charge >= 0.3 is 0 Å². The number of nitrogens with zero attached hydrogens (tertiary/aromatic N) is 4. The number of hydrogen-bond donors (Lipinski definition) is 0. The number of benzene rings is 2. The molecule has 0 unspecified atom stereocenters. The normalized spacial score (nSPS) is 11.5. The van der Waals surface area contributed by atoms with E-state index in [2.05, 4.69) is 86.4 Å². The standard InChI is InChI=1S/C24H30N4OS/c1-17-7-9-18(10-8-17)15-27(5)21(29)16-30-23-26-25-22(28(23)6)19-11-13-20(14-12-19)24(2,3)4/h7-14H,15-16H2,1-6H3. The van der Waals surface area contributed by atoms with Gasteiger partial charge in [0.25, 0.3) is 0 Å². The zero-order valence-corrected chi connectivity index (χ0v) is 19.5. The van der Waals surface area contributed by atoms with Crippen molar-refractivity contribution in [3.8, 4) is 11.4 Å². The Morgan fingerprint density at radius 3 is 2.27 bits per heavy atom. The third-order valence-corrected chi connectivity index (χ3v) is 6.14. The lowest BCUT2D eigenvalue weighted by Crippen LogP contribution is -2.27. The molecule has 6 heteroatoms. The van der Waals surface area contributed by atoms with Crippen LogP contribution in [-0.2, 0) is 23.8 Å². The van der Waals surface area contributed by atoms with Crippen LogP contribution in [-0.4, -0.2) is 38.4 Å². The van der Waals surface area contributed by atoms with Gasteiger partial charge in [0.15, 0.2) is 11.0 Å². The summed E-state index contributed by atoms with van der Waals surface area (Å²) in [6.45, 7) is 9.26. The van der Waals surface area contributed by atoms with Crippen LogP contribution in [0.1, 0.15) is 37.5 Å². The van der Waals surface area contributed by atoms with Gasteiger partial charge in [-0.05, 0) is 23.5 Å². The number of carbonyl (C=O) groups excluding carboxylic acids is 1. The molecule has 1 heterocycles. The highest BCUT2D eigenvalue weighted by atomic mass is 32.2. The Balaban J connectivity index is 1.62. The molecule has 0 bridgehead atoms. The van der Waals surface area contributed by atoms with Crippen molar-refractivity contribution in [2.75, 3.05) is 12.8 Å². The number of thioether (sulfide) groups is 1. The Kier molecular flexibility index (Phi) is 6.66. The Bertz CT molecular complexity index is 1000. The van der Waals surface area contributed by atoms with Crippen molar-refractivity contribution in [2.45, 2.75) is 44.8 Å². The van der Waals surface area contributed by atoms with E-state index >= 15 is 0 Å². The predicted octanol–water partition coefficient (Wildman–Crippen LogP) is 4.84. The van der Waals surface area contributed by atoms with E-state index in [4.69, 9.17) is 0 Å². The molecule has 0 N–H and O–H groups in total. The first-order valence-electron chi connectivity index (χ1n) is 10.1. The zero-order chi connectivity index (χ0) is 21.9. The molecule has 1 aromatic heterocycles. The number of amides is 1. The van der Waals surface area contributed by atoms with Gasteiger partial charge in [0.2, 0.25) is 5.91 Å². The molecule has 30 heavy (non-hydrogen) atoms. The van der Waals surface area contributed by atoms with Crippen molar-refractivity contribution in [1.82, 2.24) is 19.7 Å². The summed E-state index contributed by atoms with van der Waals surface area (Å²) in [5.41, 5.74) is 4.76. The average molecular weight is 423 g/mol. The van der Waals surface area contributed by atoms with Gasteiger partial charge in [-0.3, -0.25) is 4.79 Å². The molecule has 0 aliphatic carbocycles. The van der Waals surface area contributed by atoms with E-state index in [1.807, 2.05) is 18.7 Å². The highest BCUT2D eigenvalue weighted by molar-refractivity contribution is 7.99. The van der Waals surface area contributed by atoms with Gasteiger partial charge in [0.05, 0.1) is 5.75 Å². The molecule has 1 amide bonds. The van der Waals surface area contributed by atoms with Crippen molar-refractivity contribution in [2.24, 2.45) is 7.05 Å². The molecular weight excluding hydrogens is 392 g/mol. The fraction of sp³-hybridized carbons (Fsp3) is 0.375. The molecule has 3 rings (SSSR count). The first kappa shape index (κ1) is 22.1. The average Bonchev–Trinajstić information content (AvgIpc) is 3.07. The van der Waals surface area contributed by atoms with Crippen LogP contribution < -0.4 is 0 Å². The topological polar surface area (TPSA) is 51.0 Å². The van der Waals surface area contributed by atoms with Gasteiger partial charge in [0.1, 0.15) is 0 Å². The minimum Gasteiger partial charge on any atom is -0.341 e. The smallest absolute Gasteiger partial charge is 0.233 e. The molecule has 0 radical (unpaired) electrons. The number of hydrogen-bond acceptors (Lipinski definition) is 4. The van der Waals surface area contributed by atoms with Crippen LogP contribution in [0.2, 0.25) is 0 Å². The van der Waals surface area contributed by atoms with Gasteiger partial charge < -0.3 is 9.47 Å². The van der Waals surface area contributed by atoms with E-state index in [1.165, 1.54) is 22.9 Å². The molecule has 0 aliphatic rings. The van der Waals surface area contributed by atoms with E-state index in [0.29, 0.717) is 12.3 Å². The van der Waals surface area contributed by atoms with Crippen LogP contribution in [0, 0.1) is 6.92 Å². The molecule has 0 fully saturated rings. The molecule has 5 nitrogen and oxygen atoms in total. The largest absolute Gasteiger partial charge is 0.341 e. The Hall–Kier alpha value is -2.60. The maximum Gasteiger partial charge on any atom is 0.233 e. The third kappa shape index (κ3) is 5.30. The summed E-state index contributed by atoms with van der Waals surface area (Å²) in [5, 5.41) is 9.38. The van der Waals surface area contributed by atoms with Crippen molar-refractivity contribution < 1.29 is 4.79 Å². The molecule has 0 saturated heterocycles. The summed E-state index contributed by atoms with van der Waals surface area (Å²) in [6.07, 6.45) is 0. The van der Waals surface area contributed by atoms with Crippen LogP contribution >= 0.6 is 11.8 Å². The third-order valence-electron chi connectivity index (χ3n) is 5.13. The molecule has 3 aromatic rings. The summed E-state index contributed by atoms with van der Waals surface area (Å²) in [7, 11) is 3.78. The lowest BCUT2D eigenvalue weighted by Gasteiger charge is -2.19. The fourth-order valence-corrected chi connectivity index (χ4v) is 3.95. The molecule has 2 aromatic carbocycles. The van der Waals surface area contributed by atoms with Crippen molar-refractivity contribution >= 4 is 17.7 Å². The first-order chi connectivity index (χ1) is 14.1. The van der Waals surface area contributed by atoms with Crippen molar-refractivity contribution in [1.29, 1.82) is 0 Å². The number of aryl methyl sites for hydroxylation is 1. The predicted molar refractivity (Wildman–Crippen MR) is 124 cm³/mol. The maximum atomic E-state index is 12.6. The maximum absolute atomic E-state index is 12.6. The van der Waals surface area contributed by atoms with Crippen LogP contribution in [0.25, 0.3) is 11.4 Å². The van der Waals surface area contributed by atoms with E-state index in [0.717, 1.165) is 22.1 Å². The van der Waals surface area contributed by atoms with Gasteiger partial charge in [-0.25, -0.2) is 0 Å². The van der Waals surface area contributed by atoms with E-state index in [-0.39, 0.29) is 11.3 Å². The molecular formula is C24H30N4OS. The molecule has 0 spiro atoms. The number of rotatable bonds is 6. The van der Waals surface area contributed by atoms with Gasteiger partial charge in [-0.2, -0.15) is 0 Å². The zero-order valence-electron chi connectivity index (χ0n) is 18.6. The lowest BCUT2D eigenvalue weighted by molar-refractivity contribution is -0.127. The number of carbonyl (C=O) groups is 1. The first-order valence-corrected chi connectivity index (χ1v) is 11.1. The summed E-state index contributed by atoms with van der Waals surface area (Å²) < 4.78 is 1.95. The molecule has 0 saturated carbocycles. The second-order valence-electron chi connectivity index (χ2n) is 8.72. The SMILES string of the molecule is Cc1ccc(CN(C)C(=O)CSc2nnc(-c3ccc(C(C)(C)C)cc3)n2C)cc1. The summed E-state index contributed by atoms with van der Waals surface area (Å²) in [5.74, 6) is 1.20. The van der Waals surface area contributed by atoms with Crippen LogP contribution in [0.4, 0.5) is 0 Å². The Morgan fingerprint density at radius 1 is 1.03 bits per heavy atom. The molecule has 0 atom stereocenters. The second kappa shape index (κ2) is 9.04. The van der Waals surface area contributed by atoms with E-state index in [9.17, 15) is 4.79 Å². The van der Waals surface area contributed by atoms with Crippen LogP contribution in [0.3, 0.4) is 0 Å². The van der Waals surface area contributed by atoms with Crippen molar-refractivity contribution in [3.05, 3.63) is 65.2 Å². The van der Waals surface area contributed by atoms with Gasteiger partial charge in [0, 0.05) is 26.2 Å². The summed E-state index contributed by atoms with van der Waals surface area (Å²) in [4.78, 5) is 14.3.